The maximum Gasteiger partial charge on any atom is 0.304 e. The number of nitrogens with zero attached hydrogens (tertiary/aromatic N) is 4. The Morgan fingerprint density at radius 1 is 0.971 bits per heavy atom. The summed E-state index contributed by atoms with van der Waals surface area (Å²) in [6.07, 6.45) is 0. The third-order valence-electron chi connectivity index (χ3n) is 6.22. The van der Waals surface area contributed by atoms with Gasteiger partial charge in [0.05, 0.1) is 5.69 Å². The van der Waals surface area contributed by atoms with Crippen LogP contribution in [0.25, 0.3) is 0 Å². The van der Waals surface area contributed by atoms with Gasteiger partial charge in [0.15, 0.2) is 11.5 Å². The van der Waals surface area contributed by atoms with Gasteiger partial charge in [0.1, 0.15) is 6.54 Å². The molecule has 0 saturated carbocycles. The van der Waals surface area contributed by atoms with Crippen molar-refractivity contribution in [2.24, 2.45) is 0 Å². The van der Waals surface area contributed by atoms with Gasteiger partial charge >= 0.3 is 10.2 Å². The minimum Gasteiger partial charge on any atom is -0.454 e. The molecule has 34 heavy (non-hydrogen) atoms. The Morgan fingerprint density at radius 3 is 2.38 bits per heavy atom. The molecule has 0 N–H and O–H groups in total. The van der Waals surface area contributed by atoms with Crippen molar-refractivity contribution in [1.82, 2.24) is 14.1 Å². The van der Waals surface area contributed by atoms with Crippen LogP contribution in [0.1, 0.15) is 16.7 Å². The van der Waals surface area contributed by atoms with Gasteiger partial charge in [0.25, 0.3) is 0 Å². The summed E-state index contributed by atoms with van der Waals surface area (Å²) in [4.78, 5) is 17.2. The first kappa shape index (κ1) is 24.3. The molecule has 0 unspecified atom stereocenters. The molecule has 0 aromatic heterocycles. The Kier molecular flexibility index (Phi) is 7.01. The monoisotopic (exact) mass is 488 g/mol. The summed E-state index contributed by atoms with van der Waals surface area (Å²) < 4.78 is 39.4. The lowest BCUT2D eigenvalue weighted by atomic mass is 10.1. The molecular formula is C24H32N4O5S. The van der Waals surface area contributed by atoms with E-state index in [0.717, 1.165) is 39.0 Å². The largest absolute Gasteiger partial charge is 0.454 e. The normalized spacial score (nSPS) is 16.2. The second-order valence-electron chi connectivity index (χ2n) is 8.93. The molecular weight excluding hydrogens is 456 g/mol. The molecule has 0 spiro atoms. The second-order valence-corrected chi connectivity index (χ2v) is 11.0. The summed E-state index contributed by atoms with van der Waals surface area (Å²) in [6, 6.07) is 11.6. The zero-order chi connectivity index (χ0) is 24.5. The number of carbonyl (C=O) groups excluding carboxylic acids is 1. The predicted octanol–water partition coefficient (Wildman–Crippen LogP) is 1.99. The molecule has 0 radical (unpaired) electrons. The van der Waals surface area contributed by atoms with Gasteiger partial charge in [-0.3, -0.25) is 9.69 Å². The maximum atomic E-state index is 13.2. The van der Waals surface area contributed by atoms with E-state index < -0.39 is 10.2 Å². The molecule has 2 heterocycles. The number of fused-ring (bicyclic) bond motifs is 1. The molecule has 184 valence electrons. The summed E-state index contributed by atoms with van der Waals surface area (Å²) in [7, 11) is -0.877. The number of carbonyl (C=O) groups is 1. The molecule has 4 rings (SSSR count). The van der Waals surface area contributed by atoms with E-state index in [9.17, 15) is 13.2 Å². The Bertz CT molecular complexity index is 1160. The minimum absolute atomic E-state index is 0.200. The van der Waals surface area contributed by atoms with E-state index in [4.69, 9.17) is 9.47 Å². The third kappa shape index (κ3) is 5.13. The molecule has 9 nitrogen and oxygen atoms in total. The Hall–Kier alpha value is -2.82. The van der Waals surface area contributed by atoms with Crippen LogP contribution in [0.5, 0.6) is 11.5 Å². The van der Waals surface area contributed by atoms with Gasteiger partial charge < -0.3 is 14.4 Å². The lowest BCUT2D eigenvalue weighted by molar-refractivity contribution is -0.131. The molecule has 2 aromatic rings. The lowest BCUT2D eigenvalue weighted by Crippen LogP contribution is -2.52. The molecule has 2 aliphatic rings. The average molecular weight is 489 g/mol. The van der Waals surface area contributed by atoms with Crippen LogP contribution in [-0.4, -0.2) is 82.0 Å². The fourth-order valence-corrected chi connectivity index (χ4v) is 5.27. The summed E-state index contributed by atoms with van der Waals surface area (Å²) in [5.41, 5.74) is 3.40. The molecule has 1 amide bonds. The van der Waals surface area contributed by atoms with Crippen molar-refractivity contribution in [3.63, 3.8) is 0 Å². The molecule has 10 heteroatoms. The smallest absolute Gasteiger partial charge is 0.304 e. The van der Waals surface area contributed by atoms with Crippen molar-refractivity contribution < 1.29 is 22.7 Å². The number of hydrogen-bond donors (Lipinski definition) is 0. The first-order valence-electron chi connectivity index (χ1n) is 11.3. The standard InChI is InChI=1S/C24H32N4O5S/c1-18-5-6-19(2)21(13-18)28(34(30,31)25(3)4)16-24(29)27-11-9-26(10-12-27)15-20-7-8-22-23(14-20)33-17-32-22/h5-8,13-14H,9-12,15-17H2,1-4H3. The van der Waals surface area contributed by atoms with Crippen molar-refractivity contribution >= 4 is 21.8 Å². The molecule has 2 aromatic carbocycles. The zero-order valence-corrected chi connectivity index (χ0v) is 21.0. The topological polar surface area (TPSA) is 82.6 Å². The van der Waals surface area contributed by atoms with Crippen molar-refractivity contribution in [3.8, 4) is 11.5 Å². The number of rotatable bonds is 7. The second kappa shape index (κ2) is 9.81. The molecule has 0 atom stereocenters. The van der Waals surface area contributed by atoms with E-state index in [-0.39, 0.29) is 19.2 Å². The zero-order valence-electron chi connectivity index (χ0n) is 20.2. The Balaban J connectivity index is 1.41. The SMILES string of the molecule is Cc1ccc(C)c(N(CC(=O)N2CCN(Cc3ccc4c(c3)OCO4)CC2)S(=O)(=O)N(C)C)c1. The number of piperazine rings is 1. The molecule has 1 fully saturated rings. The number of amides is 1. The molecule has 2 aliphatic heterocycles. The fourth-order valence-electron chi connectivity index (χ4n) is 4.15. The predicted molar refractivity (Wildman–Crippen MR) is 130 cm³/mol. The summed E-state index contributed by atoms with van der Waals surface area (Å²) >= 11 is 0. The van der Waals surface area contributed by atoms with Gasteiger partial charge in [-0.25, -0.2) is 4.31 Å². The number of hydrogen-bond acceptors (Lipinski definition) is 6. The highest BCUT2D eigenvalue weighted by Gasteiger charge is 2.31. The fraction of sp³-hybridized carbons (Fsp3) is 0.458. The van der Waals surface area contributed by atoms with Crippen LogP contribution in [0.2, 0.25) is 0 Å². The van der Waals surface area contributed by atoms with Crippen LogP contribution in [0.4, 0.5) is 5.69 Å². The van der Waals surface area contributed by atoms with Gasteiger partial charge in [-0.2, -0.15) is 12.7 Å². The number of aryl methyl sites for hydroxylation is 2. The highest BCUT2D eigenvalue weighted by Crippen LogP contribution is 2.33. The van der Waals surface area contributed by atoms with Crippen LogP contribution in [-0.2, 0) is 21.5 Å². The van der Waals surface area contributed by atoms with E-state index >= 15 is 0 Å². The minimum atomic E-state index is -3.83. The van der Waals surface area contributed by atoms with E-state index in [1.165, 1.54) is 18.4 Å². The summed E-state index contributed by atoms with van der Waals surface area (Å²) in [5, 5.41) is 0. The lowest BCUT2D eigenvalue weighted by Gasteiger charge is -2.36. The van der Waals surface area contributed by atoms with Crippen molar-refractivity contribution in [2.45, 2.75) is 20.4 Å². The Labute approximate surface area is 201 Å². The van der Waals surface area contributed by atoms with Crippen LogP contribution in [0, 0.1) is 13.8 Å². The summed E-state index contributed by atoms with van der Waals surface area (Å²) in [6.45, 7) is 7.06. The first-order valence-corrected chi connectivity index (χ1v) is 12.7. The maximum absolute atomic E-state index is 13.2. The molecule has 0 aliphatic carbocycles. The van der Waals surface area contributed by atoms with E-state index in [1.807, 2.05) is 50.2 Å². The van der Waals surface area contributed by atoms with Gasteiger partial charge in [0, 0.05) is 46.8 Å². The Morgan fingerprint density at radius 2 is 1.68 bits per heavy atom. The average Bonchev–Trinajstić information content (AvgIpc) is 3.27. The first-order chi connectivity index (χ1) is 16.1. The number of benzene rings is 2. The van der Waals surface area contributed by atoms with Crippen molar-refractivity contribution in [2.75, 3.05) is 57.9 Å². The summed E-state index contributed by atoms with van der Waals surface area (Å²) in [5.74, 6) is 1.33. The molecule has 0 bridgehead atoms. The third-order valence-corrected chi connectivity index (χ3v) is 8.03. The van der Waals surface area contributed by atoms with E-state index in [2.05, 4.69) is 4.90 Å². The van der Waals surface area contributed by atoms with E-state index in [1.54, 1.807) is 4.90 Å². The van der Waals surface area contributed by atoms with Crippen LogP contribution < -0.4 is 13.8 Å². The van der Waals surface area contributed by atoms with Gasteiger partial charge in [-0.1, -0.05) is 18.2 Å². The number of anilines is 1. The highest BCUT2D eigenvalue weighted by atomic mass is 32.2. The van der Waals surface area contributed by atoms with Crippen LogP contribution in [0.15, 0.2) is 36.4 Å². The number of ether oxygens (including phenoxy) is 2. The van der Waals surface area contributed by atoms with Crippen LogP contribution >= 0.6 is 0 Å². The highest BCUT2D eigenvalue weighted by molar-refractivity contribution is 7.90. The van der Waals surface area contributed by atoms with Gasteiger partial charge in [-0.15, -0.1) is 0 Å². The van der Waals surface area contributed by atoms with Gasteiger partial charge in [-0.05, 0) is 48.7 Å². The van der Waals surface area contributed by atoms with E-state index in [0.29, 0.717) is 31.9 Å². The van der Waals surface area contributed by atoms with Crippen LogP contribution in [0.3, 0.4) is 0 Å². The molecule has 1 saturated heterocycles. The van der Waals surface area contributed by atoms with Gasteiger partial charge in [0.2, 0.25) is 12.7 Å². The quantitative estimate of drug-likeness (QED) is 0.593. The van der Waals surface area contributed by atoms with Crippen molar-refractivity contribution in [1.29, 1.82) is 0 Å². The van der Waals surface area contributed by atoms with Crippen molar-refractivity contribution in [3.05, 3.63) is 53.1 Å².